The third-order valence-electron chi connectivity index (χ3n) is 3.27. The molecule has 1 N–H and O–H groups in total. The lowest BCUT2D eigenvalue weighted by Crippen LogP contribution is -2.14. The Morgan fingerprint density at radius 1 is 1.17 bits per heavy atom. The molecule has 2 aromatic rings. The van der Waals surface area contributed by atoms with Gasteiger partial charge in [0.2, 0.25) is 0 Å². The standard InChI is InChI=1S/C16H16ClNO4S/c1-3-11-4-7-13(8-5-11)23(20,21)18-15-10-12(16(19)22-2)6-9-14(15)17/h4-10,18H,3H2,1-2H3. The summed E-state index contributed by atoms with van der Waals surface area (Å²) in [5, 5.41) is 0.186. The summed E-state index contributed by atoms with van der Waals surface area (Å²) in [6.07, 6.45) is 0.820. The van der Waals surface area contributed by atoms with Crippen LogP contribution in [0.25, 0.3) is 0 Å². The Labute approximate surface area is 140 Å². The molecule has 0 heterocycles. The van der Waals surface area contributed by atoms with Crippen LogP contribution in [0.15, 0.2) is 47.4 Å². The van der Waals surface area contributed by atoms with Crippen molar-refractivity contribution in [3.05, 3.63) is 58.6 Å². The van der Waals surface area contributed by atoms with E-state index in [1.807, 2.05) is 6.92 Å². The van der Waals surface area contributed by atoms with Crippen molar-refractivity contribution in [3.63, 3.8) is 0 Å². The number of aryl methyl sites for hydroxylation is 1. The highest BCUT2D eigenvalue weighted by Crippen LogP contribution is 2.26. The predicted octanol–water partition coefficient (Wildman–Crippen LogP) is 3.49. The Morgan fingerprint density at radius 2 is 1.83 bits per heavy atom. The molecule has 5 nitrogen and oxygen atoms in total. The van der Waals surface area contributed by atoms with Crippen LogP contribution < -0.4 is 4.72 Å². The van der Waals surface area contributed by atoms with Crippen LogP contribution in [0.5, 0.6) is 0 Å². The molecule has 0 fully saturated rings. The molecule has 2 aromatic carbocycles. The maximum absolute atomic E-state index is 12.4. The van der Waals surface area contributed by atoms with Gasteiger partial charge in [-0.2, -0.15) is 0 Å². The van der Waals surface area contributed by atoms with Crippen LogP contribution in [0.1, 0.15) is 22.8 Å². The first-order valence-electron chi connectivity index (χ1n) is 6.87. The topological polar surface area (TPSA) is 72.5 Å². The summed E-state index contributed by atoms with van der Waals surface area (Å²) in [5.41, 5.74) is 1.36. The minimum atomic E-state index is -3.80. The maximum atomic E-state index is 12.4. The molecule has 122 valence electrons. The Kier molecular flexibility index (Phi) is 5.28. The quantitative estimate of drug-likeness (QED) is 0.835. The van der Waals surface area contributed by atoms with Crippen molar-refractivity contribution in [1.29, 1.82) is 0 Å². The summed E-state index contributed by atoms with van der Waals surface area (Å²) in [6, 6.07) is 10.8. The zero-order chi connectivity index (χ0) is 17.0. The largest absolute Gasteiger partial charge is 0.465 e. The lowest BCUT2D eigenvalue weighted by molar-refractivity contribution is 0.0601. The summed E-state index contributed by atoms with van der Waals surface area (Å²) < 4.78 is 31.8. The number of esters is 1. The predicted molar refractivity (Wildman–Crippen MR) is 89.4 cm³/mol. The molecule has 0 aliphatic heterocycles. The Hall–Kier alpha value is -2.05. The number of benzene rings is 2. The van der Waals surface area contributed by atoms with Crippen molar-refractivity contribution in [2.24, 2.45) is 0 Å². The normalized spacial score (nSPS) is 11.1. The van der Waals surface area contributed by atoms with E-state index in [-0.39, 0.29) is 21.2 Å². The highest BCUT2D eigenvalue weighted by atomic mass is 35.5. The van der Waals surface area contributed by atoms with Gasteiger partial charge in [-0.25, -0.2) is 13.2 Å². The van der Waals surface area contributed by atoms with Gasteiger partial charge in [0.1, 0.15) is 0 Å². The van der Waals surface area contributed by atoms with Crippen LogP contribution in [-0.4, -0.2) is 21.5 Å². The van der Waals surface area contributed by atoms with E-state index in [0.717, 1.165) is 12.0 Å². The van der Waals surface area contributed by atoms with Gasteiger partial charge >= 0.3 is 5.97 Å². The third-order valence-corrected chi connectivity index (χ3v) is 4.98. The Bertz CT molecular complexity index is 816. The van der Waals surface area contributed by atoms with Gasteiger partial charge in [-0.1, -0.05) is 30.7 Å². The van der Waals surface area contributed by atoms with Crippen LogP contribution >= 0.6 is 11.6 Å². The van der Waals surface area contributed by atoms with Crippen LogP contribution in [0.4, 0.5) is 5.69 Å². The van der Waals surface area contributed by atoms with Gasteiger partial charge in [0.25, 0.3) is 10.0 Å². The maximum Gasteiger partial charge on any atom is 0.337 e. The molecule has 0 bridgehead atoms. The van der Waals surface area contributed by atoms with Crippen molar-refractivity contribution in [1.82, 2.24) is 0 Å². The zero-order valence-corrected chi connectivity index (χ0v) is 14.2. The van der Waals surface area contributed by atoms with Gasteiger partial charge < -0.3 is 4.74 Å². The molecule has 0 unspecified atom stereocenters. The van der Waals surface area contributed by atoms with E-state index in [9.17, 15) is 13.2 Å². The molecule has 0 saturated heterocycles. The lowest BCUT2D eigenvalue weighted by Gasteiger charge is -2.11. The minimum Gasteiger partial charge on any atom is -0.465 e. The van der Waals surface area contributed by atoms with E-state index in [1.54, 1.807) is 12.1 Å². The average molecular weight is 354 g/mol. The number of methoxy groups -OCH3 is 1. The lowest BCUT2D eigenvalue weighted by atomic mass is 10.2. The van der Waals surface area contributed by atoms with Crippen molar-refractivity contribution < 1.29 is 17.9 Å². The van der Waals surface area contributed by atoms with Crippen molar-refractivity contribution in [2.45, 2.75) is 18.2 Å². The molecule has 0 saturated carbocycles. The summed E-state index contributed by atoms with van der Waals surface area (Å²) >= 11 is 6.01. The van der Waals surface area contributed by atoms with E-state index in [0.29, 0.717) is 0 Å². The minimum absolute atomic E-state index is 0.120. The fourth-order valence-corrected chi connectivity index (χ4v) is 3.25. The molecule has 0 atom stereocenters. The molecule has 0 spiro atoms. The third kappa shape index (κ3) is 4.03. The fourth-order valence-electron chi connectivity index (χ4n) is 1.96. The number of halogens is 1. The van der Waals surface area contributed by atoms with Crippen molar-refractivity contribution >= 4 is 33.3 Å². The summed E-state index contributed by atoms with van der Waals surface area (Å²) in [4.78, 5) is 11.7. The van der Waals surface area contributed by atoms with E-state index in [2.05, 4.69) is 9.46 Å². The van der Waals surface area contributed by atoms with Crippen molar-refractivity contribution in [2.75, 3.05) is 11.8 Å². The molecule has 7 heteroatoms. The summed E-state index contributed by atoms with van der Waals surface area (Å²) in [7, 11) is -2.55. The SMILES string of the molecule is CCc1ccc(S(=O)(=O)Nc2cc(C(=O)OC)ccc2Cl)cc1. The van der Waals surface area contributed by atoms with E-state index in [1.165, 1.54) is 37.4 Å². The van der Waals surface area contributed by atoms with Crippen LogP contribution in [0.3, 0.4) is 0 Å². The van der Waals surface area contributed by atoms with Gasteiger partial charge in [0.05, 0.1) is 28.3 Å². The molecule has 0 aromatic heterocycles. The van der Waals surface area contributed by atoms with Crippen LogP contribution in [-0.2, 0) is 21.2 Å². The van der Waals surface area contributed by atoms with Gasteiger partial charge in [0, 0.05) is 0 Å². The smallest absolute Gasteiger partial charge is 0.337 e. The first kappa shape index (κ1) is 17.3. The van der Waals surface area contributed by atoms with Gasteiger partial charge in [-0.05, 0) is 42.3 Å². The second-order valence-electron chi connectivity index (χ2n) is 4.79. The highest BCUT2D eigenvalue weighted by Gasteiger charge is 2.17. The second-order valence-corrected chi connectivity index (χ2v) is 6.88. The Morgan fingerprint density at radius 3 is 2.39 bits per heavy atom. The molecule has 0 aliphatic rings. The second kappa shape index (κ2) is 7.02. The fraction of sp³-hybridized carbons (Fsp3) is 0.188. The van der Waals surface area contributed by atoms with Gasteiger partial charge in [-0.15, -0.1) is 0 Å². The van der Waals surface area contributed by atoms with E-state index < -0.39 is 16.0 Å². The number of sulfonamides is 1. The monoisotopic (exact) mass is 353 g/mol. The van der Waals surface area contributed by atoms with Crippen LogP contribution in [0, 0.1) is 0 Å². The molecular formula is C16H16ClNO4S. The summed E-state index contributed by atoms with van der Waals surface area (Å²) in [6.45, 7) is 1.99. The first-order valence-corrected chi connectivity index (χ1v) is 8.73. The molecule has 23 heavy (non-hydrogen) atoms. The number of hydrogen-bond donors (Lipinski definition) is 1. The molecule has 2 rings (SSSR count). The van der Waals surface area contributed by atoms with E-state index in [4.69, 9.17) is 11.6 Å². The van der Waals surface area contributed by atoms with Gasteiger partial charge in [0.15, 0.2) is 0 Å². The first-order chi connectivity index (χ1) is 10.9. The number of ether oxygens (including phenoxy) is 1. The molecule has 0 radical (unpaired) electrons. The number of rotatable bonds is 5. The summed E-state index contributed by atoms with van der Waals surface area (Å²) in [5.74, 6) is -0.575. The van der Waals surface area contributed by atoms with Crippen molar-refractivity contribution in [3.8, 4) is 0 Å². The number of carbonyl (C=O) groups is 1. The van der Waals surface area contributed by atoms with Crippen LogP contribution in [0.2, 0.25) is 5.02 Å². The molecular weight excluding hydrogens is 338 g/mol. The number of nitrogens with one attached hydrogen (secondary N) is 1. The number of hydrogen-bond acceptors (Lipinski definition) is 4. The highest BCUT2D eigenvalue weighted by molar-refractivity contribution is 7.92. The van der Waals surface area contributed by atoms with Gasteiger partial charge in [-0.3, -0.25) is 4.72 Å². The number of carbonyl (C=O) groups excluding carboxylic acids is 1. The zero-order valence-electron chi connectivity index (χ0n) is 12.7. The molecule has 0 aliphatic carbocycles. The van der Waals surface area contributed by atoms with E-state index >= 15 is 0 Å². The Balaban J connectivity index is 2.34. The number of anilines is 1. The average Bonchev–Trinajstić information content (AvgIpc) is 2.56. The molecule has 0 amide bonds.